The van der Waals surface area contributed by atoms with Gasteiger partial charge in [-0.15, -0.1) is 0 Å². The van der Waals surface area contributed by atoms with Crippen LogP contribution in [0.4, 0.5) is 10.1 Å². The van der Waals surface area contributed by atoms with Crippen molar-refractivity contribution in [1.29, 1.82) is 0 Å². The van der Waals surface area contributed by atoms with Crippen molar-refractivity contribution in [1.82, 2.24) is 5.32 Å². The van der Waals surface area contributed by atoms with E-state index < -0.39 is 17.3 Å². The van der Waals surface area contributed by atoms with Gasteiger partial charge in [0.05, 0.1) is 5.69 Å². The molecule has 2 rings (SSSR count). The molecule has 1 atom stereocenters. The topological polar surface area (TPSA) is 49.4 Å². The number of benzene rings is 1. The smallest absolute Gasteiger partial charge is 0.250 e. The molecule has 1 unspecified atom stereocenters. The molecule has 1 aromatic rings. The van der Waals surface area contributed by atoms with Gasteiger partial charge in [-0.25, -0.2) is 4.39 Å². The van der Waals surface area contributed by atoms with Crippen molar-refractivity contribution in [3.63, 3.8) is 0 Å². The van der Waals surface area contributed by atoms with Gasteiger partial charge >= 0.3 is 0 Å². The predicted octanol–water partition coefficient (Wildman–Crippen LogP) is 2.86. The van der Waals surface area contributed by atoms with E-state index >= 15 is 0 Å². The number of rotatable bonds is 1. The van der Waals surface area contributed by atoms with Crippen LogP contribution in [0.25, 0.3) is 0 Å². The van der Waals surface area contributed by atoms with Crippen LogP contribution in [0, 0.1) is 11.2 Å². The van der Waals surface area contributed by atoms with Crippen LogP contribution in [-0.4, -0.2) is 24.4 Å². The maximum Gasteiger partial charge on any atom is 0.250 e. The summed E-state index contributed by atoms with van der Waals surface area (Å²) in [6.07, 6.45) is 0.161. The number of carbonyl (C=O) groups is 2. The molecule has 0 saturated carbocycles. The van der Waals surface area contributed by atoms with Crippen LogP contribution in [0.2, 0.25) is 0 Å². The number of nitrogens with one attached hydrogen (secondary N) is 1. The zero-order valence-electron chi connectivity index (χ0n) is 12.2. The van der Waals surface area contributed by atoms with Crippen LogP contribution in [0.5, 0.6) is 0 Å². The van der Waals surface area contributed by atoms with Gasteiger partial charge in [-0.1, -0.05) is 36.7 Å². The molecule has 1 heterocycles. The summed E-state index contributed by atoms with van der Waals surface area (Å²) >= 11 is 3.19. The average molecular weight is 357 g/mol. The standard InChI is InChI=1S/C15H18BrFN2O2/c1-15(2,3)13-14(21)19(7-6-12(20)18-13)11-5-4-9(16)8-10(11)17/h4-5,8,13H,6-7H2,1-3H3,(H,18,20). The van der Waals surface area contributed by atoms with Gasteiger partial charge in [0.25, 0.3) is 0 Å². The lowest BCUT2D eigenvalue weighted by Gasteiger charge is -2.32. The van der Waals surface area contributed by atoms with Crippen molar-refractivity contribution in [3.8, 4) is 0 Å². The molecule has 114 valence electrons. The number of carbonyl (C=O) groups excluding carboxylic acids is 2. The van der Waals surface area contributed by atoms with Crippen molar-refractivity contribution in [2.75, 3.05) is 11.4 Å². The molecule has 0 spiro atoms. The Labute approximate surface area is 131 Å². The van der Waals surface area contributed by atoms with Crippen molar-refractivity contribution < 1.29 is 14.0 Å². The van der Waals surface area contributed by atoms with Crippen LogP contribution in [0.1, 0.15) is 27.2 Å². The third kappa shape index (κ3) is 3.43. The maximum atomic E-state index is 14.1. The highest BCUT2D eigenvalue weighted by atomic mass is 79.9. The fraction of sp³-hybridized carbons (Fsp3) is 0.467. The number of anilines is 1. The Hall–Kier alpha value is -1.43. The molecule has 1 aromatic carbocycles. The summed E-state index contributed by atoms with van der Waals surface area (Å²) in [5.74, 6) is -0.961. The van der Waals surface area contributed by atoms with Gasteiger partial charge in [-0.05, 0) is 23.6 Å². The zero-order chi connectivity index (χ0) is 15.8. The lowest BCUT2D eigenvalue weighted by atomic mass is 9.86. The molecule has 1 saturated heterocycles. The normalized spacial score (nSPS) is 20.2. The maximum absolute atomic E-state index is 14.1. The lowest BCUT2D eigenvalue weighted by Crippen LogP contribution is -2.52. The SMILES string of the molecule is CC(C)(C)C1NC(=O)CCN(c2ccc(Br)cc2F)C1=O. The Morgan fingerprint density at radius 2 is 2.00 bits per heavy atom. The summed E-state index contributed by atoms with van der Waals surface area (Å²) in [6, 6.07) is 3.87. The Kier molecular flexibility index (Phi) is 4.37. The lowest BCUT2D eigenvalue weighted by molar-refractivity contribution is -0.127. The summed E-state index contributed by atoms with van der Waals surface area (Å²) in [6.45, 7) is 5.79. The van der Waals surface area contributed by atoms with E-state index in [2.05, 4.69) is 21.2 Å². The Morgan fingerprint density at radius 3 is 2.57 bits per heavy atom. The molecule has 4 nitrogen and oxygen atoms in total. The van der Waals surface area contributed by atoms with Crippen LogP contribution in [0.15, 0.2) is 22.7 Å². The van der Waals surface area contributed by atoms with E-state index in [0.29, 0.717) is 4.47 Å². The molecule has 21 heavy (non-hydrogen) atoms. The molecule has 0 radical (unpaired) electrons. The van der Waals surface area contributed by atoms with Crippen molar-refractivity contribution in [2.45, 2.75) is 33.2 Å². The molecule has 6 heteroatoms. The van der Waals surface area contributed by atoms with Crippen molar-refractivity contribution in [2.24, 2.45) is 5.41 Å². The largest absolute Gasteiger partial charge is 0.344 e. The van der Waals surface area contributed by atoms with Crippen molar-refractivity contribution in [3.05, 3.63) is 28.5 Å². The first-order valence-electron chi connectivity index (χ1n) is 6.76. The second-order valence-corrected chi connectivity index (χ2v) is 7.12. The van der Waals surface area contributed by atoms with Crippen LogP contribution < -0.4 is 10.2 Å². The monoisotopic (exact) mass is 356 g/mol. The summed E-state index contributed by atoms with van der Waals surface area (Å²) in [5.41, 5.74) is -0.241. The highest BCUT2D eigenvalue weighted by Gasteiger charge is 2.38. The molecule has 0 aliphatic carbocycles. The third-order valence-corrected chi connectivity index (χ3v) is 3.94. The highest BCUT2D eigenvalue weighted by molar-refractivity contribution is 9.10. The molecule has 1 aliphatic rings. The van der Waals surface area contributed by atoms with Crippen LogP contribution in [-0.2, 0) is 9.59 Å². The minimum atomic E-state index is -0.671. The van der Waals surface area contributed by atoms with E-state index in [4.69, 9.17) is 0 Å². The molecular formula is C15H18BrFN2O2. The van der Waals surface area contributed by atoms with E-state index in [9.17, 15) is 14.0 Å². The molecule has 1 aliphatic heterocycles. The van der Waals surface area contributed by atoms with E-state index in [1.165, 1.54) is 11.0 Å². The summed E-state index contributed by atoms with van der Waals surface area (Å²) in [4.78, 5) is 25.9. The highest BCUT2D eigenvalue weighted by Crippen LogP contribution is 2.28. The van der Waals surface area contributed by atoms with Gasteiger partial charge < -0.3 is 10.2 Å². The Morgan fingerprint density at radius 1 is 1.33 bits per heavy atom. The molecule has 0 bridgehead atoms. The molecule has 0 aromatic heterocycles. The minimum absolute atomic E-state index is 0.161. The summed E-state index contributed by atoms with van der Waals surface area (Å²) < 4.78 is 14.7. The van der Waals surface area contributed by atoms with Gasteiger partial charge in [-0.2, -0.15) is 0 Å². The molecule has 1 N–H and O–H groups in total. The second-order valence-electron chi connectivity index (χ2n) is 6.20. The Bertz CT molecular complexity index is 584. The molecular weight excluding hydrogens is 339 g/mol. The number of hydrogen-bond acceptors (Lipinski definition) is 2. The number of halogens is 2. The van der Waals surface area contributed by atoms with Gasteiger partial charge in [-0.3, -0.25) is 9.59 Å². The second kappa shape index (κ2) is 5.75. The quantitative estimate of drug-likeness (QED) is 0.840. The number of amides is 2. The first-order valence-corrected chi connectivity index (χ1v) is 7.55. The van der Waals surface area contributed by atoms with E-state index in [1.54, 1.807) is 12.1 Å². The number of nitrogens with zero attached hydrogens (tertiary/aromatic N) is 1. The van der Waals surface area contributed by atoms with Gasteiger partial charge in [0, 0.05) is 17.4 Å². The summed E-state index contributed by atoms with van der Waals surface area (Å²) in [7, 11) is 0. The Balaban J connectivity index is 2.42. The van der Waals surface area contributed by atoms with Crippen LogP contribution >= 0.6 is 15.9 Å². The molecule has 1 fully saturated rings. The molecule has 2 amide bonds. The van der Waals surface area contributed by atoms with Gasteiger partial charge in [0.15, 0.2) is 0 Å². The fourth-order valence-corrected chi connectivity index (χ4v) is 2.63. The first kappa shape index (κ1) is 15.9. The van der Waals surface area contributed by atoms with Gasteiger partial charge in [0.1, 0.15) is 11.9 Å². The van der Waals surface area contributed by atoms with Crippen LogP contribution in [0.3, 0.4) is 0 Å². The first-order chi connectivity index (χ1) is 9.70. The summed E-state index contributed by atoms with van der Waals surface area (Å²) in [5, 5.41) is 2.74. The van der Waals surface area contributed by atoms with E-state index in [0.717, 1.165) is 0 Å². The van der Waals surface area contributed by atoms with Crippen molar-refractivity contribution >= 4 is 33.4 Å². The fourth-order valence-electron chi connectivity index (χ4n) is 2.30. The third-order valence-electron chi connectivity index (χ3n) is 3.45. The van der Waals surface area contributed by atoms with Gasteiger partial charge in [0.2, 0.25) is 11.8 Å². The predicted molar refractivity (Wildman–Crippen MR) is 82.5 cm³/mol. The number of hydrogen-bond donors (Lipinski definition) is 1. The zero-order valence-corrected chi connectivity index (χ0v) is 13.8. The average Bonchev–Trinajstić information content (AvgIpc) is 2.50. The minimum Gasteiger partial charge on any atom is -0.344 e. The van der Waals surface area contributed by atoms with E-state index in [1.807, 2.05) is 20.8 Å². The van der Waals surface area contributed by atoms with E-state index in [-0.39, 0.29) is 30.5 Å².